The summed E-state index contributed by atoms with van der Waals surface area (Å²) in [6.45, 7) is 8.33. The molecule has 0 saturated carbocycles. The number of aromatic nitrogens is 1. The Hall–Kier alpha value is -1.26. The number of benzene rings is 1. The van der Waals surface area contributed by atoms with Crippen molar-refractivity contribution in [1.82, 2.24) is 10.3 Å². The molecule has 1 N–H and O–H groups in total. The normalized spacial score (nSPS) is 11.8. The lowest BCUT2D eigenvalue weighted by Gasteiger charge is -2.18. The Morgan fingerprint density at radius 1 is 1.21 bits per heavy atom. The Morgan fingerprint density at radius 3 is 2.53 bits per heavy atom. The van der Waals surface area contributed by atoms with Crippen LogP contribution < -0.4 is 5.32 Å². The molecule has 2 aromatic rings. The summed E-state index contributed by atoms with van der Waals surface area (Å²) in [5.41, 5.74) is 2.28. The Morgan fingerprint density at radius 2 is 1.89 bits per heavy atom. The van der Waals surface area contributed by atoms with Gasteiger partial charge in [-0.15, -0.1) is 11.3 Å². The third-order valence-corrected chi connectivity index (χ3v) is 3.54. The van der Waals surface area contributed by atoms with Crippen LogP contribution in [0.4, 0.5) is 4.39 Å². The molecular formula is C15H19FN2S. The van der Waals surface area contributed by atoms with E-state index in [1.54, 1.807) is 23.5 Å². The van der Waals surface area contributed by atoms with E-state index in [1.807, 2.05) is 5.38 Å². The van der Waals surface area contributed by atoms with E-state index in [4.69, 9.17) is 0 Å². The molecule has 2 nitrogen and oxygen atoms in total. The summed E-state index contributed by atoms with van der Waals surface area (Å²) in [5, 5.41) is 6.39. The highest BCUT2D eigenvalue weighted by Crippen LogP contribution is 2.23. The molecule has 1 heterocycles. The smallest absolute Gasteiger partial charge is 0.123 e. The van der Waals surface area contributed by atoms with Crippen molar-refractivity contribution < 1.29 is 4.39 Å². The molecule has 0 unspecified atom stereocenters. The standard InChI is InChI=1S/C15H19FN2S/c1-15(2,3)10-17-8-13-9-19-14(18-13)11-4-6-12(16)7-5-11/h4-7,9,17H,8,10H2,1-3H3. The van der Waals surface area contributed by atoms with E-state index in [-0.39, 0.29) is 11.2 Å². The minimum atomic E-state index is -0.215. The number of hydrogen-bond acceptors (Lipinski definition) is 3. The molecule has 2 rings (SSSR count). The minimum absolute atomic E-state index is 0.215. The van der Waals surface area contributed by atoms with Crippen LogP contribution in [0.5, 0.6) is 0 Å². The number of nitrogens with zero attached hydrogens (tertiary/aromatic N) is 1. The zero-order valence-electron chi connectivity index (χ0n) is 11.5. The van der Waals surface area contributed by atoms with Crippen LogP contribution in [0, 0.1) is 11.2 Å². The molecule has 0 aliphatic carbocycles. The minimum Gasteiger partial charge on any atom is -0.311 e. The monoisotopic (exact) mass is 278 g/mol. The van der Waals surface area contributed by atoms with Crippen molar-refractivity contribution in [2.45, 2.75) is 27.3 Å². The van der Waals surface area contributed by atoms with Crippen LogP contribution in [0.25, 0.3) is 10.6 Å². The van der Waals surface area contributed by atoms with Gasteiger partial charge in [0.2, 0.25) is 0 Å². The highest BCUT2D eigenvalue weighted by atomic mass is 32.1. The third-order valence-electron chi connectivity index (χ3n) is 2.60. The van der Waals surface area contributed by atoms with E-state index in [2.05, 4.69) is 31.1 Å². The zero-order valence-corrected chi connectivity index (χ0v) is 12.4. The first-order valence-electron chi connectivity index (χ1n) is 6.35. The molecule has 0 amide bonds. The van der Waals surface area contributed by atoms with Gasteiger partial charge >= 0.3 is 0 Å². The van der Waals surface area contributed by atoms with Gasteiger partial charge in [-0.2, -0.15) is 0 Å². The van der Waals surface area contributed by atoms with Gasteiger partial charge in [-0.3, -0.25) is 0 Å². The Labute approximate surface area is 117 Å². The largest absolute Gasteiger partial charge is 0.311 e. The van der Waals surface area contributed by atoms with E-state index >= 15 is 0 Å². The van der Waals surface area contributed by atoms with Crippen molar-refractivity contribution in [1.29, 1.82) is 0 Å². The average molecular weight is 278 g/mol. The summed E-state index contributed by atoms with van der Waals surface area (Å²) < 4.78 is 12.9. The predicted octanol–water partition coefficient (Wildman–Crippen LogP) is 4.08. The lowest BCUT2D eigenvalue weighted by molar-refractivity contribution is 0.378. The fraction of sp³-hybridized carbons (Fsp3) is 0.400. The topological polar surface area (TPSA) is 24.9 Å². The number of rotatable bonds is 4. The SMILES string of the molecule is CC(C)(C)CNCc1csc(-c2ccc(F)cc2)n1. The molecule has 1 aromatic carbocycles. The van der Waals surface area contributed by atoms with Crippen molar-refractivity contribution in [2.24, 2.45) is 5.41 Å². The van der Waals surface area contributed by atoms with E-state index in [0.717, 1.165) is 29.4 Å². The summed E-state index contributed by atoms with van der Waals surface area (Å²) in [7, 11) is 0. The summed E-state index contributed by atoms with van der Waals surface area (Å²) >= 11 is 1.59. The van der Waals surface area contributed by atoms with E-state index in [9.17, 15) is 4.39 Å². The predicted molar refractivity (Wildman–Crippen MR) is 78.7 cm³/mol. The van der Waals surface area contributed by atoms with Crippen LogP contribution in [-0.4, -0.2) is 11.5 Å². The van der Waals surface area contributed by atoms with Gasteiger partial charge in [0.05, 0.1) is 5.69 Å². The Bertz CT molecular complexity index is 526. The van der Waals surface area contributed by atoms with Gasteiger partial charge in [0.15, 0.2) is 0 Å². The average Bonchev–Trinajstić information content (AvgIpc) is 2.77. The van der Waals surface area contributed by atoms with Crippen molar-refractivity contribution in [3.63, 3.8) is 0 Å². The van der Waals surface area contributed by atoms with Gasteiger partial charge in [0.25, 0.3) is 0 Å². The second-order valence-corrected chi connectivity index (χ2v) is 6.67. The molecule has 0 fully saturated rings. The number of hydrogen-bond donors (Lipinski definition) is 1. The van der Waals surface area contributed by atoms with Crippen LogP contribution in [0.3, 0.4) is 0 Å². The van der Waals surface area contributed by atoms with Gasteiger partial charge < -0.3 is 5.32 Å². The second-order valence-electron chi connectivity index (χ2n) is 5.82. The first kappa shape index (κ1) is 14.2. The molecule has 0 radical (unpaired) electrons. The zero-order chi connectivity index (χ0) is 13.9. The molecule has 0 aliphatic rings. The maximum atomic E-state index is 12.9. The lowest BCUT2D eigenvalue weighted by atomic mass is 9.97. The first-order chi connectivity index (χ1) is 8.94. The Balaban J connectivity index is 1.97. The molecule has 0 spiro atoms. The summed E-state index contributed by atoms with van der Waals surface area (Å²) in [4.78, 5) is 4.56. The maximum absolute atomic E-state index is 12.9. The highest BCUT2D eigenvalue weighted by Gasteiger charge is 2.10. The highest BCUT2D eigenvalue weighted by molar-refractivity contribution is 7.13. The summed E-state index contributed by atoms with van der Waals surface area (Å²) in [6.07, 6.45) is 0. The molecule has 19 heavy (non-hydrogen) atoms. The number of thiazole rings is 1. The van der Waals surface area contributed by atoms with E-state index in [1.165, 1.54) is 12.1 Å². The van der Waals surface area contributed by atoms with Gasteiger partial charge in [0, 0.05) is 24.0 Å². The van der Waals surface area contributed by atoms with Crippen LogP contribution in [0.15, 0.2) is 29.6 Å². The quantitative estimate of drug-likeness (QED) is 0.911. The molecule has 0 aliphatic heterocycles. The molecule has 4 heteroatoms. The fourth-order valence-corrected chi connectivity index (χ4v) is 2.50. The fourth-order valence-electron chi connectivity index (χ4n) is 1.68. The van der Waals surface area contributed by atoms with Crippen molar-refractivity contribution in [2.75, 3.05) is 6.54 Å². The molecule has 1 aromatic heterocycles. The molecule has 102 valence electrons. The van der Waals surface area contributed by atoms with Crippen LogP contribution in [-0.2, 0) is 6.54 Å². The van der Waals surface area contributed by atoms with Crippen molar-refractivity contribution in [3.05, 3.63) is 41.2 Å². The summed E-state index contributed by atoms with van der Waals surface area (Å²) in [5.74, 6) is -0.215. The number of nitrogens with one attached hydrogen (secondary N) is 1. The molecule has 0 atom stereocenters. The van der Waals surface area contributed by atoms with Gasteiger partial charge in [-0.1, -0.05) is 20.8 Å². The van der Waals surface area contributed by atoms with Gasteiger partial charge in [-0.05, 0) is 29.7 Å². The first-order valence-corrected chi connectivity index (χ1v) is 7.23. The van der Waals surface area contributed by atoms with Crippen molar-refractivity contribution in [3.8, 4) is 10.6 Å². The maximum Gasteiger partial charge on any atom is 0.123 e. The molecule has 0 saturated heterocycles. The number of halogens is 1. The van der Waals surface area contributed by atoms with Gasteiger partial charge in [0.1, 0.15) is 10.8 Å². The lowest BCUT2D eigenvalue weighted by Crippen LogP contribution is -2.26. The van der Waals surface area contributed by atoms with E-state index < -0.39 is 0 Å². The van der Waals surface area contributed by atoms with Gasteiger partial charge in [-0.25, -0.2) is 9.37 Å². The third kappa shape index (κ3) is 4.40. The van der Waals surface area contributed by atoms with E-state index in [0.29, 0.717) is 0 Å². The molecular weight excluding hydrogens is 259 g/mol. The second kappa shape index (κ2) is 5.80. The van der Waals surface area contributed by atoms with Crippen LogP contribution in [0.2, 0.25) is 0 Å². The van der Waals surface area contributed by atoms with Crippen LogP contribution >= 0.6 is 11.3 Å². The Kier molecular flexibility index (Phi) is 4.32. The summed E-state index contributed by atoms with van der Waals surface area (Å²) in [6, 6.07) is 6.46. The molecule has 0 bridgehead atoms. The van der Waals surface area contributed by atoms with Crippen LogP contribution in [0.1, 0.15) is 26.5 Å². The van der Waals surface area contributed by atoms with Crippen molar-refractivity contribution >= 4 is 11.3 Å².